The molecule has 0 spiro atoms. The van der Waals surface area contributed by atoms with Crippen molar-refractivity contribution in [2.75, 3.05) is 24.5 Å². The summed E-state index contributed by atoms with van der Waals surface area (Å²) in [6.07, 6.45) is 2.13. The lowest BCUT2D eigenvalue weighted by Gasteiger charge is -2.24. The van der Waals surface area contributed by atoms with Crippen molar-refractivity contribution in [2.45, 2.75) is 42.1 Å². The predicted octanol–water partition coefficient (Wildman–Crippen LogP) is 4.55. The smallest absolute Gasteiger partial charge is 0.259 e. The number of amides is 2. The van der Waals surface area contributed by atoms with Crippen LogP contribution in [-0.2, 0) is 16.4 Å². The number of carbonyl (C=O) groups excluding carboxylic acids is 2. The maximum absolute atomic E-state index is 13.7. The number of halogens is 1. The Bertz CT molecular complexity index is 1470. The number of hydrogen-bond donors (Lipinski definition) is 1. The van der Waals surface area contributed by atoms with Crippen LogP contribution in [0.5, 0.6) is 0 Å². The molecular formula is C28H28ClN3O4S. The lowest BCUT2D eigenvalue weighted by atomic mass is 10.1. The minimum Gasteiger partial charge on any atom is -0.350 e. The van der Waals surface area contributed by atoms with Crippen molar-refractivity contribution < 1.29 is 18.0 Å². The maximum Gasteiger partial charge on any atom is 0.259 e. The molecule has 0 bridgehead atoms. The van der Waals surface area contributed by atoms with Crippen LogP contribution in [0.15, 0.2) is 76.5 Å². The Kier molecular flexibility index (Phi) is 7.07. The SMILES string of the molecule is CCN1CCC[C@H]1CNC(=O)c1ccc2c(c1)N(Cc1cccc(Cl)c1)C(=O)c1ccccc1S2(=O)=O. The van der Waals surface area contributed by atoms with Crippen LogP contribution in [0.3, 0.4) is 0 Å². The van der Waals surface area contributed by atoms with Gasteiger partial charge in [0.2, 0.25) is 9.84 Å². The summed E-state index contributed by atoms with van der Waals surface area (Å²) in [4.78, 5) is 30.6. The average molecular weight is 538 g/mol. The van der Waals surface area contributed by atoms with Crippen LogP contribution in [0.1, 0.15) is 46.0 Å². The second-order valence-electron chi connectivity index (χ2n) is 9.34. The highest BCUT2D eigenvalue weighted by atomic mass is 35.5. The van der Waals surface area contributed by atoms with E-state index in [9.17, 15) is 18.0 Å². The third-order valence-electron chi connectivity index (χ3n) is 7.09. The van der Waals surface area contributed by atoms with Crippen molar-refractivity contribution in [3.63, 3.8) is 0 Å². The number of carbonyl (C=O) groups is 2. The zero-order valence-electron chi connectivity index (χ0n) is 20.5. The van der Waals surface area contributed by atoms with Gasteiger partial charge in [0.15, 0.2) is 0 Å². The van der Waals surface area contributed by atoms with E-state index in [2.05, 4.69) is 17.1 Å². The quantitative estimate of drug-likeness (QED) is 0.498. The van der Waals surface area contributed by atoms with Gasteiger partial charge in [-0.05, 0) is 74.0 Å². The number of sulfone groups is 1. The van der Waals surface area contributed by atoms with E-state index < -0.39 is 15.7 Å². The zero-order valence-corrected chi connectivity index (χ0v) is 22.1. The van der Waals surface area contributed by atoms with Crippen LogP contribution < -0.4 is 10.2 Å². The molecule has 1 atom stereocenters. The van der Waals surface area contributed by atoms with Crippen LogP contribution in [0, 0.1) is 0 Å². The number of likely N-dealkylation sites (tertiary alicyclic amines) is 1. The molecule has 1 fully saturated rings. The van der Waals surface area contributed by atoms with Gasteiger partial charge in [-0.2, -0.15) is 0 Å². The first-order valence-corrected chi connectivity index (χ1v) is 14.2. The van der Waals surface area contributed by atoms with E-state index in [1.54, 1.807) is 30.3 Å². The number of rotatable bonds is 6. The summed E-state index contributed by atoms with van der Waals surface area (Å²) >= 11 is 6.18. The minimum atomic E-state index is -4.01. The summed E-state index contributed by atoms with van der Waals surface area (Å²) < 4.78 is 27.3. The monoisotopic (exact) mass is 537 g/mol. The van der Waals surface area contributed by atoms with Gasteiger partial charge in [0, 0.05) is 23.2 Å². The van der Waals surface area contributed by atoms with Crippen molar-refractivity contribution in [3.8, 4) is 0 Å². The Morgan fingerprint density at radius 2 is 1.86 bits per heavy atom. The van der Waals surface area contributed by atoms with Gasteiger partial charge < -0.3 is 10.2 Å². The van der Waals surface area contributed by atoms with Crippen LogP contribution >= 0.6 is 11.6 Å². The maximum atomic E-state index is 13.7. The van der Waals surface area contributed by atoms with Gasteiger partial charge >= 0.3 is 0 Å². The number of fused-ring (bicyclic) bond motifs is 2. The molecule has 7 nitrogen and oxygen atoms in total. The van der Waals surface area contributed by atoms with E-state index in [1.807, 2.05) is 6.07 Å². The van der Waals surface area contributed by atoms with E-state index in [-0.39, 0.29) is 39.5 Å². The number of hydrogen-bond acceptors (Lipinski definition) is 5. The first-order chi connectivity index (χ1) is 17.8. The number of likely N-dealkylation sites (N-methyl/N-ethyl adjacent to an activating group) is 1. The average Bonchev–Trinajstić information content (AvgIpc) is 3.35. The molecule has 5 rings (SSSR count). The third kappa shape index (κ3) is 4.89. The number of anilines is 1. The molecule has 3 aromatic carbocycles. The Morgan fingerprint density at radius 3 is 2.65 bits per heavy atom. The van der Waals surface area contributed by atoms with E-state index in [1.165, 1.54) is 35.2 Å². The molecule has 192 valence electrons. The fourth-order valence-electron chi connectivity index (χ4n) is 5.18. The van der Waals surface area contributed by atoms with Crippen LogP contribution in [-0.4, -0.2) is 50.8 Å². The number of nitrogens with zero attached hydrogens (tertiary/aromatic N) is 2. The van der Waals surface area contributed by atoms with Crippen LogP contribution in [0.2, 0.25) is 5.02 Å². The Balaban J connectivity index is 1.55. The van der Waals surface area contributed by atoms with Crippen molar-refractivity contribution >= 4 is 38.9 Å². The van der Waals surface area contributed by atoms with Gasteiger partial charge in [0.1, 0.15) is 0 Å². The molecule has 1 saturated heterocycles. The Labute approximate surface area is 222 Å². The van der Waals surface area contributed by atoms with Crippen molar-refractivity contribution in [3.05, 3.63) is 88.4 Å². The fraction of sp³-hybridized carbons (Fsp3) is 0.286. The summed E-state index contributed by atoms with van der Waals surface area (Å²) in [5, 5.41) is 3.51. The lowest BCUT2D eigenvalue weighted by molar-refractivity contribution is 0.0938. The molecular weight excluding hydrogens is 510 g/mol. The highest BCUT2D eigenvalue weighted by Gasteiger charge is 2.36. The van der Waals surface area contributed by atoms with E-state index in [0.29, 0.717) is 17.1 Å². The van der Waals surface area contributed by atoms with Gasteiger partial charge in [0.25, 0.3) is 11.8 Å². The van der Waals surface area contributed by atoms with E-state index in [0.717, 1.165) is 31.5 Å². The lowest BCUT2D eigenvalue weighted by Crippen LogP contribution is -2.40. The molecule has 9 heteroatoms. The molecule has 1 N–H and O–H groups in total. The number of nitrogens with one attached hydrogen (secondary N) is 1. The van der Waals surface area contributed by atoms with Crippen molar-refractivity contribution in [1.29, 1.82) is 0 Å². The molecule has 0 aliphatic carbocycles. The third-order valence-corrected chi connectivity index (χ3v) is 9.18. The topological polar surface area (TPSA) is 86.8 Å². The van der Waals surface area contributed by atoms with Crippen molar-refractivity contribution in [2.24, 2.45) is 0 Å². The fourth-order valence-corrected chi connectivity index (χ4v) is 7.02. The molecule has 3 aromatic rings. The van der Waals surface area contributed by atoms with Gasteiger partial charge in [-0.15, -0.1) is 0 Å². The molecule has 0 aromatic heterocycles. The molecule has 0 saturated carbocycles. The van der Waals surface area contributed by atoms with Crippen molar-refractivity contribution in [1.82, 2.24) is 10.2 Å². The molecule has 0 radical (unpaired) electrons. The van der Waals surface area contributed by atoms with Gasteiger partial charge in [-0.1, -0.05) is 42.8 Å². The molecule has 2 amide bonds. The normalized spacial score (nSPS) is 18.7. The first kappa shape index (κ1) is 25.4. The zero-order chi connectivity index (χ0) is 26.2. The standard InChI is InChI=1S/C28H28ClN3O4S/c1-2-31-14-6-9-22(31)17-30-27(33)20-12-13-26-24(16-20)32(18-19-7-5-8-21(29)15-19)28(34)23-10-3-4-11-25(23)37(26,35)36/h3-5,7-8,10-13,15-16,22H,2,6,9,14,17-18H2,1H3,(H,30,33)/t22-/m0/s1. The Morgan fingerprint density at radius 1 is 1.05 bits per heavy atom. The molecule has 0 unspecified atom stereocenters. The summed E-state index contributed by atoms with van der Waals surface area (Å²) in [7, 11) is -4.01. The largest absolute Gasteiger partial charge is 0.350 e. The summed E-state index contributed by atoms with van der Waals surface area (Å²) in [6.45, 7) is 4.66. The van der Waals surface area contributed by atoms with Crippen LogP contribution in [0.4, 0.5) is 5.69 Å². The Hall–Kier alpha value is -3.20. The van der Waals surface area contributed by atoms with Gasteiger partial charge in [0.05, 0.1) is 27.6 Å². The van der Waals surface area contributed by atoms with E-state index >= 15 is 0 Å². The second kappa shape index (κ2) is 10.3. The van der Waals surface area contributed by atoms with Crippen LogP contribution in [0.25, 0.3) is 0 Å². The summed E-state index contributed by atoms with van der Waals surface area (Å²) in [5.41, 5.74) is 1.29. The highest BCUT2D eigenvalue weighted by Crippen LogP contribution is 2.38. The van der Waals surface area contributed by atoms with Gasteiger partial charge in [-0.3, -0.25) is 14.5 Å². The summed E-state index contributed by atoms with van der Waals surface area (Å²) in [5.74, 6) is -0.764. The molecule has 2 aliphatic rings. The van der Waals surface area contributed by atoms with Gasteiger partial charge in [-0.25, -0.2) is 8.42 Å². The molecule has 2 aliphatic heterocycles. The van der Waals surface area contributed by atoms with E-state index in [4.69, 9.17) is 11.6 Å². The first-order valence-electron chi connectivity index (χ1n) is 12.4. The minimum absolute atomic E-state index is 0.0164. The predicted molar refractivity (Wildman–Crippen MR) is 143 cm³/mol. The number of benzene rings is 3. The summed E-state index contributed by atoms with van der Waals surface area (Å²) in [6, 6.07) is 18.0. The molecule has 37 heavy (non-hydrogen) atoms. The molecule has 2 heterocycles. The second-order valence-corrected chi connectivity index (χ2v) is 11.7. The highest BCUT2D eigenvalue weighted by molar-refractivity contribution is 7.91.